The number of benzene rings is 1. The van der Waals surface area contributed by atoms with Crippen molar-refractivity contribution in [3.63, 3.8) is 0 Å². The molecule has 0 saturated carbocycles. The molecule has 1 fully saturated rings. The predicted octanol–water partition coefficient (Wildman–Crippen LogP) is 3.87. The van der Waals surface area contributed by atoms with Crippen LogP contribution in [0.25, 0.3) is 0 Å². The lowest BCUT2D eigenvalue weighted by atomic mass is 9.92. The summed E-state index contributed by atoms with van der Waals surface area (Å²) in [6.45, 7) is 3.39. The SMILES string of the molecule is Cc1cc(Cc2ccc(F)cc2)cc([C@H]2CCCN(C(=O)c3nccn3C)C2)n1. The summed E-state index contributed by atoms with van der Waals surface area (Å²) >= 11 is 0. The summed E-state index contributed by atoms with van der Waals surface area (Å²) in [6.07, 6.45) is 6.14. The average Bonchev–Trinajstić information content (AvgIpc) is 3.15. The number of aromatic nitrogens is 3. The van der Waals surface area contributed by atoms with Crippen LogP contribution in [0.15, 0.2) is 48.8 Å². The van der Waals surface area contributed by atoms with Crippen molar-refractivity contribution in [2.75, 3.05) is 13.1 Å². The number of nitrogens with zero attached hydrogens (tertiary/aromatic N) is 4. The van der Waals surface area contributed by atoms with Crippen molar-refractivity contribution in [1.29, 1.82) is 0 Å². The quantitative estimate of drug-likeness (QED) is 0.677. The molecule has 1 saturated heterocycles. The van der Waals surface area contributed by atoms with Crippen molar-refractivity contribution >= 4 is 5.91 Å². The molecule has 4 rings (SSSR count). The average molecular weight is 392 g/mol. The minimum atomic E-state index is -0.222. The normalized spacial score (nSPS) is 16.8. The molecule has 1 aliphatic rings. The van der Waals surface area contributed by atoms with E-state index in [-0.39, 0.29) is 17.6 Å². The molecular weight excluding hydrogens is 367 g/mol. The largest absolute Gasteiger partial charge is 0.335 e. The molecule has 1 amide bonds. The van der Waals surface area contributed by atoms with Gasteiger partial charge in [0, 0.05) is 49.8 Å². The van der Waals surface area contributed by atoms with Crippen LogP contribution < -0.4 is 0 Å². The Morgan fingerprint density at radius 2 is 2.00 bits per heavy atom. The first-order chi connectivity index (χ1) is 14.0. The van der Waals surface area contributed by atoms with E-state index in [1.54, 1.807) is 17.0 Å². The van der Waals surface area contributed by atoms with Gasteiger partial charge in [-0.25, -0.2) is 9.37 Å². The molecule has 0 N–H and O–H groups in total. The van der Waals surface area contributed by atoms with E-state index in [1.807, 2.05) is 31.0 Å². The number of halogens is 1. The standard InChI is InChI=1S/C23H25FN4O/c1-16-12-18(13-17-5-7-20(24)8-6-17)14-21(26-16)19-4-3-10-28(15-19)23(29)22-25-9-11-27(22)2/h5-9,11-12,14,19H,3-4,10,13,15H2,1-2H3/t19-/m0/s1. The lowest BCUT2D eigenvalue weighted by molar-refractivity contribution is 0.0690. The van der Waals surface area contributed by atoms with Gasteiger partial charge in [0.15, 0.2) is 5.82 Å². The van der Waals surface area contributed by atoms with Gasteiger partial charge in [-0.2, -0.15) is 0 Å². The Hall–Kier alpha value is -3.02. The summed E-state index contributed by atoms with van der Waals surface area (Å²) in [5.41, 5.74) is 4.22. The summed E-state index contributed by atoms with van der Waals surface area (Å²) < 4.78 is 14.9. The van der Waals surface area contributed by atoms with Crippen LogP contribution >= 0.6 is 0 Å². The molecular formula is C23H25FN4O. The fourth-order valence-corrected chi connectivity index (χ4v) is 4.03. The fraction of sp³-hybridized carbons (Fsp3) is 0.348. The molecule has 6 heteroatoms. The number of likely N-dealkylation sites (tertiary alicyclic amines) is 1. The van der Waals surface area contributed by atoms with Crippen molar-refractivity contribution in [1.82, 2.24) is 19.4 Å². The summed E-state index contributed by atoms with van der Waals surface area (Å²) in [5.74, 6) is 0.432. The first-order valence-corrected chi connectivity index (χ1v) is 9.98. The monoisotopic (exact) mass is 392 g/mol. The number of hydrogen-bond acceptors (Lipinski definition) is 3. The Labute approximate surface area is 170 Å². The van der Waals surface area contributed by atoms with Crippen LogP contribution in [-0.4, -0.2) is 38.4 Å². The summed E-state index contributed by atoms with van der Waals surface area (Å²) in [4.78, 5) is 23.7. The third-order valence-electron chi connectivity index (χ3n) is 5.49. The van der Waals surface area contributed by atoms with E-state index in [2.05, 4.69) is 17.1 Å². The highest BCUT2D eigenvalue weighted by molar-refractivity contribution is 5.90. The molecule has 3 heterocycles. The van der Waals surface area contributed by atoms with Gasteiger partial charge >= 0.3 is 0 Å². The fourth-order valence-electron chi connectivity index (χ4n) is 4.03. The molecule has 2 aromatic heterocycles. The molecule has 1 aromatic carbocycles. The molecule has 0 unspecified atom stereocenters. The van der Waals surface area contributed by atoms with Crippen LogP contribution in [0.1, 0.15) is 51.9 Å². The van der Waals surface area contributed by atoms with Crippen LogP contribution in [0.5, 0.6) is 0 Å². The summed E-state index contributed by atoms with van der Waals surface area (Å²) in [7, 11) is 1.84. The van der Waals surface area contributed by atoms with E-state index in [0.29, 0.717) is 12.4 Å². The van der Waals surface area contributed by atoms with Gasteiger partial charge in [-0.3, -0.25) is 9.78 Å². The third-order valence-corrected chi connectivity index (χ3v) is 5.49. The van der Waals surface area contributed by atoms with Crippen molar-refractivity contribution in [3.8, 4) is 0 Å². The number of carbonyl (C=O) groups is 1. The van der Waals surface area contributed by atoms with Crippen molar-refractivity contribution in [3.05, 3.63) is 82.9 Å². The van der Waals surface area contributed by atoms with Gasteiger partial charge in [0.2, 0.25) is 0 Å². The number of amides is 1. The maximum absolute atomic E-state index is 13.2. The Morgan fingerprint density at radius 3 is 2.72 bits per heavy atom. The second-order valence-corrected chi connectivity index (χ2v) is 7.80. The Bertz CT molecular complexity index is 1010. The summed E-state index contributed by atoms with van der Waals surface area (Å²) in [6, 6.07) is 10.8. The van der Waals surface area contributed by atoms with Crippen LogP contribution in [0.3, 0.4) is 0 Å². The second-order valence-electron chi connectivity index (χ2n) is 7.80. The molecule has 3 aromatic rings. The highest BCUT2D eigenvalue weighted by Crippen LogP contribution is 2.28. The number of hydrogen-bond donors (Lipinski definition) is 0. The number of aryl methyl sites for hydroxylation is 2. The lowest BCUT2D eigenvalue weighted by Gasteiger charge is -2.32. The van der Waals surface area contributed by atoms with E-state index in [9.17, 15) is 9.18 Å². The van der Waals surface area contributed by atoms with E-state index in [1.165, 1.54) is 12.1 Å². The molecule has 5 nitrogen and oxygen atoms in total. The predicted molar refractivity (Wildman–Crippen MR) is 109 cm³/mol. The van der Waals surface area contributed by atoms with E-state index >= 15 is 0 Å². The number of pyridine rings is 1. The molecule has 0 aliphatic carbocycles. The van der Waals surface area contributed by atoms with Gasteiger partial charge in [-0.05, 0) is 61.6 Å². The Balaban J connectivity index is 1.53. The van der Waals surface area contributed by atoms with Crippen LogP contribution in [0.4, 0.5) is 4.39 Å². The zero-order chi connectivity index (χ0) is 20.4. The Morgan fingerprint density at radius 1 is 1.21 bits per heavy atom. The van der Waals surface area contributed by atoms with Gasteiger partial charge in [0.1, 0.15) is 5.82 Å². The van der Waals surface area contributed by atoms with Gasteiger partial charge in [-0.1, -0.05) is 12.1 Å². The van der Waals surface area contributed by atoms with E-state index < -0.39 is 0 Å². The minimum Gasteiger partial charge on any atom is -0.335 e. The molecule has 1 atom stereocenters. The smallest absolute Gasteiger partial charge is 0.289 e. The second kappa shape index (κ2) is 8.15. The van der Waals surface area contributed by atoms with Crippen molar-refractivity contribution in [2.45, 2.75) is 32.1 Å². The third kappa shape index (κ3) is 4.36. The zero-order valence-electron chi connectivity index (χ0n) is 16.8. The van der Waals surface area contributed by atoms with Crippen molar-refractivity contribution in [2.24, 2.45) is 7.05 Å². The van der Waals surface area contributed by atoms with Gasteiger partial charge in [-0.15, -0.1) is 0 Å². The first kappa shape index (κ1) is 19.3. The highest BCUT2D eigenvalue weighted by atomic mass is 19.1. The number of piperidine rings is 1. The summed E-state index contributed by atoms with van der Waals surface area (Å²) in [5, 5.41) is 0. The van der Waals surface area contributed by atoms with Crippen LogP contribution in [0.2, 0.25) is 0 Å². The zero-order valence-corrected chi connectivity index (χ0v) is 16.8. The molecule has 1 aliphatic heterocycles. The first-order valence-electron chi connectivity index (χ1n) is 9.98. The topological polar surface area (TPSA) is 51.0 Å². The number of rotatable bonds is 4. The Kier molecular flexibility index (Phi) is 5.43. The molecule has 150 valence electrons. The van der Waals surface area contributed by atoms with Gasteiger partial charge in [0.25, 0.3) is 5.91 Å². The molecule has 0 bridgehead atoms. The van der Waals surface area contributed by atoms with Crippen LogP contribution in [0, 0.1) is 12.7 Å². The van der Waals surface area contributed by atoms with Crippen molar-refractivity contribution < 1.29 is 9.18 Å². The van der Waals surface area contributed by atoms with E-state index in [0.717, 1.165) is 48.3 Å². The highest BCUT2D eigenvalue weighted by Gasteiger charge is 2.28. The maximum Gasteiger partial charge on any atom is 0.289 e. The van der Waals surface area contributed by atoms with Gasteiger partial charge < -0.3 is 9.47 Å². The number of imidazole rings is 1. The van der Waals surface area contributed by atoms with E-state index in [4.69, 9.17) is 4.98 Å². The molecule has 29 heavy (non-hydrogen) atoms. The maximum atomic E-state index is 13.2. The number of carbonyl (C=O) groups excluding carboxylic acids is 1. The van der Waals surface area contributed by atoms with Gasteiger partial charge in [0.05, 0.1) is 0 Å². The van der Waals surface area contributed by atoms with Crippen LogP contribution in [-0.2, 0) is 13.5 Å². The molecule has 0 spiro atoms. The lowest BCUT2D eigenvalue weighted by Crippen LogP contribution is -2.40. The minimum absolute atomic E-state index is 0.0265. The molecule has 0 radical (unpaired) electrons.